The van der Waals surface area contributed by atoms with E-state index < -0.39 is 0 Å². The molecule has 3 nitrogen and oxygen atoms in total. The van der Waals surface area contributed by atoms with E-state index >= 15 is 0 Å². The monoisotopic (exact) mass is 306 g/mol. The van der Waals surface area contributed by atoms with Crippen molar-refractivity contribution in [2.45, 2.75) is 50.5 Å². The molecule has 1 N–H and O–H groups in total. The Balaban J connectivity index is 1.76. The topological polar surface area (TPSA) is 32.3 Å². The summed E-state index contributed by atoms with van der Waals surface area (Å²) in [4.78, 5) is 13.8. The lowest BCUT2D eigenvalue weighted by molar-refractivity contribution is -0.128. The van der Waals surface area contributed by atoms with Crippen molar-refractivity contribution in [3.05, 3.63) is 34.9 Å². The second-order valence-electron chi connectivity index (χ2n) is 6.25. The van der Waals surface area contributed by atoms with Crippen LogP contribution < -0.4 is 5.32 Å². The average Bonchev–Trinajstić information content (AvgIpc) is 2.92. The molecule has 21 heavy (non-hydrogen) atoms. The van der Waals surface area contributed by atoms with Gasteiger partial charge in [-0.25, -0.2) is 0 Å². The van der Waals surface area contributed by atoms with Gasteiger partial charge in [0.1, 0.15) is 0 Å². The molecule has 114 valence electrons. The standard InChI is InChI=1S/C17H23ClN2O/c18-15-8-6-14(7-9-15)17(10-2-1-3-11-17)19-13-20-12-4-5-16(20)21/h6-9,19H,1-5,10-13H2. The van der Waals surface area contributed by atoms with Crippen LogP contribution in [0.1, 0.15) is 50.5 Å². The number of carbonyl (C=O) groups excluding carboxylic acids is 1. The van der Waals surface area contributed by atoms with Crippen molar-refractivity contribution >= 4 is 17.5 Å². The molecule has 0 spiro atoms. The van der Waals surface area contributed by atoms with Gasteiger partial charge in [-0.2, -0.15) is 0 Å². The first-order chi connectivity index (χ1) is 10.2. The minimum absolute atomic E-state index is 0.00566. The number of amides is 1. The van der Waals surface area contributed by atoms with E-state index in [9.17, 15) is 4.79 Å². The molecular formula is C17H23ClN2O. The van der Waals surface area contributed by atoms with E-state index in [0.29, 0.717) is 13.1 Å². The average molecular weight is 307 g/mol. The maximum atomic E-state index is 11.8. The summed E-state index contributed by atoms with van der Waals surface area (Å²) in [6.07, 6.45) is 7.75. The molecule has 0 unspecified atom stereocenters. The Morgan fingerprint density at radius 1 is 1.10 bits per heavy atom. The fourth-order valence-electron chi connectivity index (χ4n) is 3.61. The van der Waals surface area contributed by atoms with E-state index in [2.05, 4.69) is 17.4 Å². The van der Waals surface area contributed by atoms with Gasteiger partial charge >= 0.3 is 0 Å². The van der Waals surface area contributed by atoms with Crippen LogP contribution in [0.4, 0.5) is 0 Å². The van der Waals surface area contributed by atoms with Crippen molar-refractivity contribution in [1.82, 2.24) is 10.2 Å². The summed E-state index contributed by atoms with van der Waals surface area (Å²) in [6.45, 7) is 1.56. The van der Waals surface area contributed by atoms with Crippen LogP contribution in [0.2, 0.25) is 5.02 Å². The number of hydrogen-bond donors (Lipinski definition) is 1. The number of halogens is 1. The highest BCUT2D eigenvalue weighted by atomic mass is 35.5. The van der Waals surface area contributed by atoms with Gasteiger partial charge in [-0.1, -0.05) is 43.0 Å². The molecule has 0 aromatic heterocycles. The van der Waals surface area contributed by atoms with Crippen molar-refractivity contribution < 1.29 is 4.79 Å². The van der Waals surface area contributed by atoms with Gasteiger partial charge in [0, 0.05) is 23.5 Å². The summed E-state index contributed by atoms with van der Waals surface area (Å²) < 4.78 is 0. The Morgan fingerprint density at radius 3 is 2.43 bits per heavy atom. The Morgan fingerprint density at radius 2 is 1.81 bits per heavy atom. The molecular weight excluding hydrogens is 284 g/mol. The van der Waals surface area contributed by atoms with Crippen molar-refractivity contribution in [3.8, 4) is 0 Å². The number of carbonyl (C=O) groups is 1. The predicted octanol–water partition coefficient (Wildman–Crippen LogP) is 3.67. The molecule has 0 atom stereocenters. The van der Waals surface area contributed by atoms with Gasteiger partial charge in [0.05, 0.1) is 6.67 Å². The highest BCUT2D eigenvalue weighted by molar-refractivity contribution is 6.30. The molecule has 1 aromatic carbocycles. The predicted molar refractivity (Wildman–Crippen MR) is 85.2 cm³/mol. The van der Waals surface area contributed by atoms with Crippen LogP contribution in [0.5, 0.6) is 0 Å². The van der Waals surface area contributed by atoms with Gasteiger partial charge in [0.2, 0.25) is 5.91 Å². The lowest BCUT2D eigenvalue weighted by atomic mass is 9.76. The zero-order valence-electron chi connectivity index (χ0n) is 12.4. The van der Waals surface area contributed by atoms with Crippen LogP contribution in [-0.4, -0.2) is 24.0 Å². The molecule has 3 rings (SSSR count). The summed E-state index contributed by atoms with van der Waals surface area (Å²) in [7, 11) is 0. The van der Waals surface area contributed by atoms with Crippen molar-refractivity contribution in [2.75, 3.05) is 13.2 Å². The smallest absolute Gasteiger partial charge is 0.223 e. The summed E-state index contributed by atoms with van der Waals surface area (Å²) in [5.74, 6) is 0.282. The van der Waals surface area contributed by atoms with E-state index in [4.69, 9.17) is 11.6 Å². The normalized spacial score (nSPS) is 21.8. The number of likely N-dealkylation sites (tertiary alicyclic amines) is 1. The summed E-state index contributed by atoms with van der Waals surface area (Å²) >= 11 is 6.02. The lowest BCUT2D eigenvalue weighted by Crippen LogP contribution is -2.49. The second kappa shape index (κ2) is 6.37. The molecule has 1 saturated heterocycles. The first kappa shape index (κ1) is 14.9. The van der Waals surface area contributed by atoms with Gasteiger partial charge in [-0.05, 0) is 37.0 Å². The van der Waals surface area contributed by atoms with Gasteiger partial charge in [-0.3, -0.25) is 10.1 Å². The zero-order chi connectivity index (χ0) is 14.7. The van der Waals surface area contributed by atoms with Crippen molar-refractivity contribution in [3.63, 3.8) is 0 Å². The third-order valence-electron chi connectivity index (χ3n) is 4.88. The molecule has 1 saturated carbocycles. The molecule has 1 aromatic rings. The summed E-state index contributed by atoms with van der Waals surface area (Å²) in [5.41, 5.74) is 1.31. The van der Waals surface area contributed by atoms with E-state index in [-0.39, 0.29) is 11.4 Å². The molecule has 2 fully saturated rings. The number of nitrogens with zero attached hydrogens (tertiary/aromatic N) is 1. The van der Waals surface area contributed by atoms with E-state index in [1.165, 1.54) is 24.8 Å². The van der Waals surface area contributed by atoms with Gasteiger partial charge in [0.25, 0.3) is 0 Å². The third kappa shape index (κ3) is 3.24. The highest BCUT2D eigenvalue weighted by Crippen LogP contribution is 2.37. The molecule has 0 radical (unpaired) electrons. The highest BCUT2D eigenvalue weighted by Gasteiger charge is 2.34. The van der Waals surface area contributed by atoms with E-state index in [1.54, 1.807) is 0 Å². The maximum Gasteiger partial charge on any atom is 0.223 e. The fourth-order valence-corrected chi connectivity index (χ4v) is 3.74. The minimum Gasteiger partial charge on any atom is -0.330 e. The number of rotatable bonds is 4. The first-order valence-corrected chi connectivity index (χ1v) is 8.36. The van der Waals surface area contributed by atoms with Gasteiger partial charge in [0.15, 0.2) is 0 Å². The quantitative estimate of drug-likeness (QED) is 0.920. The van der Waals surface area contributed by atoms with Crippen LogP contribution in [0.25, 0.3) is 0 Å². The van der Waals surface area contributed by atoms with Crippen LogP contribution in [0.15, 0.2) is 24.3 Å². The van der Waals surface area contributed by atoms with Gasteiger partial charge < -0.3 is 4.90 Å². The van der Waals surface area contributed by atoms with E-state index in [0.717, 1.165) is 30.8 Å². The zero-order valence-corrected chi connectivity index (χ0v) is 13.2. The SMILES string of the molecule is O=C1CCCN1CNC1(c2ccc(Cl)cc2)CCCCC1. The number of nitrogens with one attached hydrogen (secondary N) is 1. The molecule has 2 aliphatic rings. The maximum absolute atomic E-state index is 11.8. The first-order valence-electron chi connectivity index (χ1n) is 7.98. The number of benzene rings is 1. The minimum atomic E-state index is 0.00566. The van der Waals surface area contributed by atoms with Crippen LogP contribution in [-0.2, 0) is 10.3 Å². The van der Waals surface area contributed by atoms with Gasteiger partial charge in [-0.15, -0.1) is 0 Å². The Kier molecular flexibility index (Phi) is 4.51. The lowest BCUT2D eigenvalue weighted by Gasteiger charge is -2.40. The summed E-state index contributed by atoms with van der Waals surface area (Å²) in [5, 5.41) is 4.48. The summed E-state index contributed by atoms with van der Waals surface area (Å²) in [6, 6.07) is 8.20. The van der Waals surface area contributed by atoms with E-state index in [1.807, 2.05) is 17.0 Å². The number of hydrogen-bond acceptors (Lipinski definition) is 2. The third-order valence-corrected chi connectivity index (χ3v) is 5.14. The second-order valence-corrected chi connectivity index (χ2v) is 6.68. The van der Waals surface area contributed by atoms with Crippen LogP contribution in [0.3, 0.4) is 0 Å². The molecule has 4 heteroatoms. The molecule has 0 bridgehead atoms. The molecule has 1 amide bonds. The van der Waals surface area contributed by atoms with Crippen molar-refractivity contribution in [1.29, 1.82) is 0 Å². The molecule has 1 heterocycles. The molecule has 1 aliphatic carbocycles. The largest absolute Gasteiger partial charge is 0.330 e. The van der Waals surface area contributed by atoms with Crippen LogP contribution in [0, 0.1) is 0 Å². The fraction of sp³-hybridized carbons (Fsp3) is 0.588. The Hall–Kier alpha value is -1.06. The Bertz CT molecular complexity index is 494. The Labute approximate surface area is 131 Å². The van der Waals surface area contributed by atoms with Crippen molar-refractivity contribution in [2.24, 2.45) is 0 Å². The van der Waals surface area contributed by atoms with Crippen LogP contribution >= 0.6 is 11.6 Å². The molecule has 1 aliphatic heterocycles.